The summed E-state index contributed by atoms with van der Waals surface area (Å²) < 4.78 is 10.3. The van der Waals surface area contributed by atoms with Crippen molar-refractivity contribution in [2.45, 2.75) is 0 Å². The third kappa shape index (κ3) is 6.73. The lowest BCUT2D eigenvalue weighted by Gasteiger charge is -2.04. The highest BCUT2D eigenvalue weighted by molar-refractivity contribution is 5.90. The van der Waals surface area contributed by atoms with Crippen molar-refractivity contribution in [3.8, 4) is 45.9 Å². The van der Waals surface area contributed by atoms with E-state index in [1.54, 1.807) is 24.3 Å². The minimum absolute atomic E-state index is 0.0818. The fraction of sp³-hybridized carbons (Fsp3) is 0.0625. The SMILES string of the molecule is O=C(OCC#CC#CCOC(=O)c1ccc(-c2ccccc2)cc1)c1ccc(-c2ccccc2)cc1. The Kier molecular flexibility index (Phi) is 8.30. The van der Waals surface area contributed by atoms with E-state index in [1.807, 2.05) is 84.9 Å². The maximum Gasteiger partial charge on any atom is 0.339 e. The van der Waals surface area contributed by atoms with E-state index in [2.05, 4.69) is 23.7 Å². The molecule has 36 heavy (non-hydrogen) atoms. The van der Waals surface area contributed by atoms with Crippen molar-refractivity contribution in [3.63, 3.8) is 0 Å². The molecule has 174 valence electrons. The molecule has 0 spiro atoms. The van der Waals surface area contributed by atoms with Gasteiger partial charge in [0.05, 0.1) is 11.1 Å². The van der Waals surface area contributed by atoms with Crippen molar-refractivity contribution < 1.29 is 19.1 Å². The summed E-state index contributed by atoms with van der Waals surface area (Å²) in [6.07, 6.45) is 0. The van der Waals surface area contributed by atoms with Crippen LogP contribution in [-0.2, 0) is 9.47 Å². The van der Waals surface area contributed by atoms with Crippen molar-refractivity contribution >= 4 is 11.9 Å². The molecule has 0 aliphatic carbocycles. The number of rotatable bonds is 6. The molecule has 4 aromatic rings. The van der Waals surface area contributed by atoms with Gasteiger partial charge in [0, 0.05) is 0 Å². The third-order valence-corrected chi connectivity index (χ3v) is 5.25. The highest BCUT2D eigenvalue weighted by Crippen LogP contribution is 2.20. The average Bonchev–Trinajstić information content (AvgIpc) is 2.95. The van der Waals surface area contributed by atoms with Crippen LogP contribution in [0, 0.1) is 23.7 Å². The van der Waals surface area contributed by atoms with Crippen LogP contribution in [-0.4, -0.2) is 25.2 Å². The number of carbonyl (C=O) groups is 2. The van der Waals surface area contributed by atoms with Crippen molar-refractivity contribution in [2.24, 2.45) is 0 Å². The lowest BCUT2D eigenvalue weighted by molar-refractivity contribution is 0.0547. The first-order valence-electron chi connectivity index (χ1n) is 11.3. The van der Waals surface area contributed by atoms with Crippen LogP contribution in [0.2, 0.25) is 0 Å². The second-order valence-electron chi connectivity index (χ2n) is 7.64. The van der Waals surface area contributed by atoms with Gasteiger partial charge in [0.1, 0.15) is 0 Å². The molecule has 0 unspecified atom stereocenters. The lowest BCUT2D eigenvalue weighted by atomic mass is 10.0. The molecule has 0 saturated carbocycles. The third-order valence-electron chi connectivity index (χ3n) is 5.25. The molecule has 4 rings (SSSR count). The van der Waals surface area contributed by atoms with E-state index >= 15 is 0 Å². The van der Waals surface area contributed by atoms with Gasteiger partial charge in [-0.15, -0.1) is 0 Å². The van der Waals surface area contributed by atoms with Crippen molar-refractivity contribution in [3.05, 3.63) is 120 Å². The molecule has 0 heterocycles. The standard InChI is InChI=1S/C32H22O4/c33-31(29-19-15-27(16-20-29)25-11-5-3-6-12-25)35-23-9-1-2-10-24-36-32(34)30-21-17-28(18-22-30)26-13-7-4-8-14-26/h3-8,11-22H,23-24H2. The predicted octanol–water partition coefficient (Wildman–Crippen LogP) is 6.04. The van der Waals surface area contributed by atoms with E-state index in [0.29, 0.717) is 11.1 Å². The molecule has 0 bridgehead atoms. The molecular weight excluding hydrogens is 448 g/mol. The Morgan fingerprint density at radius 2 is 0.806 bits per heavy atom. The monoisotopic (exact) mass is 470 g/mol. The van der Waals surface area contributed by atoms with Crippen molar-refractivity contribution in [1.82, 2.24) is 0 Å². The quantitative estimate of drug-likeness (QED) is 0.255. The summed E-state index contributed by atoms with van der Waals surface area (Å²) in [4.78, 5) is 24.3. The first-order valence-corrected chi connectivity index (χ1v) is 11.3. The van der Waals surface area contributed by atoms with Gasteiger partial charge in [-0.2, -0.15) is 0 Å². The van der Waals surface area contributed by atoms with Gasteiger partial charge in [0.15, 0.2) is 13.2 Å². The van der Waals surface area contributed by atoms with E-state index in [-0.39, 0.29) is 13.2 Å². The van der Waals surface area contributed by atoms with Crippen LogP contribution in [0.25, 0.3) is 22.3 Å². The Balaban J connectivity index is 1.18. The summed E-state index contributed by atoms with van der Waals surface area (Å²) in [7, 11) is 0. The van der Waals surface area contributed by atoms with Crippen LogP contribution >= 0.6 is 0 Å². The smallest absolute Gasteiger partial charge is 0.339 e. The van der Waals surface area contributed by atoms with E-state index in [4.69, 9.17) is 9.47 Å². The van der Waals surface area contributed by atoms with Gasteiger partial charge < -0.3 is 9.47 Å². The molecule has 0 amide bonds. The summed E-state index contributed by atoms with van der Waals surface area (Å²) in [5.74, 6) is 9.57. The predicted molar refractivity (Wildman–Crippen MR) is 140 cm³/mol. The summed E-state index contributed by atoms with van der Waals surface area (Å²) in [5.41, 5.74) is 5.10. The lowest BCUT2D eigenvalue weighted by Crippen LogP contribution is -2.05. The van der Waals surface area contributed by atoms with Gasteiger partial charge in [-0.25, -0.2) is 9.59 Å². The number of hydrogen-bond donors (Lipinski definition) is 0. The van der Waals surface area contributed by atoms with Gasteiger partial charge in [-0.05, 0) is 70.2 Å². The fourth-order valence-corrected chi connectivity index (χ4v) is 3.39. The largest absolute Gasteiger partial charge is 0.449 e. The molecule has 0 aromatic heterocycles. The average molecular weight is 471 g/mol. The zero-order valence-electron chi connectivity index (χ0n) is 19.4. The maximum atomic E-state index is 12.2. The summed E-state index contributed by atoms with van der Waals surface area (Å²) in [6, 6.07) is 34.2. The molecule has 0 fully saturated rings. The molecular formula is C32H22O4. The summed E-state index contributed by atoms with van der Waals surface area (Å²) in [5, 5.41) is 0. The Labute approximate surface area is 210 Å². The van der Waals surface area contributed by atoms with Crippen LogP contribution in [0.15, 0.2) is 109 Å². The van der Waals surface area contributed by atoms with E-state index in [1.165, 1.54) is 0 Å². The van der Waals surface area contributed by atoms with E-state index in [0.717, 1.165) is 22.3 Å². The van der Waals surface area contributed by atoms with Crippen LogP contribution in [0.3, 0.4) is 0 Å². The molecule has 4 aromatic carbocycles. The number of ether oxygens (including phenoxy) is 2. The number of benzene rings is 4. The molecule has 0 aliphatic heterocycles. The van der Waals surface area contributed by atoms with Crippen LogP contribution in [0.5, 0.6) is 0 Å². The van der Waals surface area contributed by atoms with Crippen LogP contribution in [0.1, 0.15) is 20.7 Å². The van der Waals surface area contributed by atoms with Gasteiger partial charge in [0.2, 0.25) is 0 Å². The molecule has 0 saturated heterocycles. The van der Waals surface area contributed by atoms with E-state index < -0.39 is 11.9 Å². The van der Waals surface area contributed by atoms with Gasteiger partial charge >= 0.3 is 11.9 Å². The number of carbonyl (C=O) groups excluding carboxylic acids is 2. The van der Waals surface area contributed by atoms with Gasteiger partial charge in [-0.3, -0.25) is 0 Å². The van der Waals surface area contributed by atoms with Crippen molar-refractivity contribution in [2.75, 3.05) is 13.2 Å². The Morgan fingerprint density at radius 3 is 1.17 bits per heavy atom. The molecule has 0 N–H and O–H groups in total. The topological polar surface area (TPSA) is 52.6 Å². The summed E-state index contributed by atoms with van der Waals surface area (Å²) >= 11 is 0. The van der Waals surface area contributed by atoms with Crippen LogP contribution < -0.4 is 0 Å². The molecule has 0 aliphatic rings. The first kappa shape index (κ1) is 24.1. The van der Waals surface area contributed by atoms with Crippen LogP contribution in [0.4, 0.5) is 0 Å². The normalized spacial score (nSPS) is 9.67. The molecule has 4 heteroatoms. The second-order valence-corrected chi connectivity index (χ2v) is 7.64. The first-order chi connectivity index (χ1) is 17.7. The number of esters is 2. The minimum Gasteiger partial charge on any atom is -0.449 e. The maximum absolute atomic E-state index is 12.2. The highest BCUT2D eigenvalue weighted by atomic mass is 16.5. The Bertz CT molecular complexity index is 1320. The molecule has 4 nitrogen and oxygen atoms in total. The number of hydrogen-bond acceptors (Lipinski definition) is 4. The Morgan fingerprint density at radius 1 is 0.472 bits per heavy atom. The van der Waals surface area contributed by atoms with E-state index in [9.17, 15) is 9.59 Å². The fourth-order valence-electron chi connectivity index (χ4n) is 3.39. The zero-order chi connectivity index (χ0) is 25.0. The molecule has 0 radical (unpaired) electrons. The zero-order valence-corrected chi connectivity index (χ0v) is 19.4. The molecule has 0 atom stereocenters. The van der Waals surface area contributed by atoms with Gasteiger partial charge in [-0.1, -0.05) is 84.9 Å². The Hall–Kier alpha value is -5.06. The summed E-state index contributed by atoms with van der Waals surface area (Å²) in [6.45, 7) is -0.164. The highest BCUT2D eigenvalue weighted by Gasteiger charge is 2.07. The van der Waals surface area contributed by atoms with Gasteiger partial charge in [0.25, 0.3) is 0 Å². The minimum atomic E-state index is -0.455. The van der Waals surface area contributed by atoms with Crippen molar-refractivity contribution in [1.29, 1.82) is 0 Å². The second kappa shape index (κ2) is 12.4.